The minimum Gasteiger partial charge on any atom is -0.465 e. The fourth-order valence-electron chi connectivity index (χ4n) is 1.52. The minimum atomic E-state index is -0.260. The number of carbonyl (C=O) groups excluding carboxylic acids is 1. The van der Waals surface area contributed by atoms with Crippen LogP contribution in [0.25, 0.3) is 10.4 Å². The number of rotatable bonds is 2. The van der Waals surface area contributed by atoms with Crippen LogP contribution in [-0.2, 0) is 4.74 Å². The smallest absolute Gasteiger partial charge is 0.348 e. The Morgan fingerprint density at radius 1 is 1.25 bits per heavy atom. The molecule has 0 aliphatic rings. The van der Waals surface area contributed by atoms with Gasteiger partial charge in [0.1, 0.15) is 4.88 Å². The van der Waals surface area contributed by atoms with Crippen molar-refractivity contribution < 1.29 is 9.53 Å². The first-order valence-corrected chi connectivity index (χ1v) is 5.78. The van der Waals surface area contributed by atoms with E-state index in [1.807, 2.05) is 43.3 Å². The number of ether oxygens (including phenoxy) is 1. The SMILES string of the molecule is COC(=O)c1sc(-c2ccccc2)cc1C. The molecule has 16 heavy (non-hydrogen) atoms. The second-order valence-electron chi connectivity index (χ2n) is 3.48. The Balaban J connectivity index is 2.42. The first-order chi connectivity index (χ1) is 7.72. The lowest BCUT2D eigenvalue weighted by Gasteiger charge is -1.95. The molecule has 82 valence electrons. The number of esters is 1. The number of thiophene rings is 1. The Labute approximate surface area is 98.5 Å². The van der Waals surface area contributed by atoms with Crippen LogP contribution in [0.1, 0.15) is 15.2 Å². The lowest BCUT2D eigenvalue weighted by atomic mass is 10.1. The number of aryl methyl sites for hydroxylation is 1. The average molecular weight is 232 g/mol. The van der Waals surface area contributed by atoms with Crippen LogP contribution in [-0.4, -0.2) is 13.1 Å². The van der Waals surface area contributed by atoms with Crippen molar-refractivity contribution in [1.29, 1.82) is 0 Å². The van der Waals surface area contributed by atoms with Gasteiger partial charge in [0.15, 0.2) is 0 Å². The van der Waals surface area contributed by atoms with E-state index in [4.69, 9.17) is 4.74 Å². The van der Waals surface area contributed by atoms with Gasteiger partial charge in [-0.2, -0.15) is 0 Å². The van der Waals surface area contributed by atoms with Crippen molar-refractivity contribution in [2.24, 2.45) is 0 Å². The molecule has 2 nitrogen and oxygen atoms in total. The highest BCUT2D eigenvalue weighted by molar-refractivity contribution is 7.17. The summed E-state index contributed by atoms with van der Waals surface area (Å²) in [5.41, 5.74) is 2.10. The molecule has 2 rings (SSSR count). The molecule has 0 N–H and O–H groups in total. The predicted octanol–water partition coefficient (Wildman–Crippen LogP) is 3.51. The van der Waals surface area contributed by atoms with Crippen LogP contribution >= 0.6 is 11.3 Å². The van der Waals surface area contributed by atoms with E-state index in [0.717, 1.165) is 16.0 Å². The van der Waals surface area contributed by atoms with Gasteiger partial charge in [-0.25, -0.2) is 4.79 Å². The molecule has 0 saturated heterocycles. The molecule has 0 saturated carbocycles. The van der Waals surface area contributed by atoms with Gasteiger partial charge in [-0.15, -0.1) is 11.3 Å². The van der Waals surface area contributed by atoms with Gasteiger partial charge in [0, 0.05) is 4.88 Å². The average Bonchev–Trinajstić information content (AvgIpc) is 2.71. The Morgan fingerprint density at radius 2 is 1.94 bits per heavy atom. The van der Waals surface area contributed by atoms with E-state index in [1.54, 1.807) is 0 Å². The topological polar surface area (TPSA) is 26.3 Å². The van der Waals surface area contributed by atoms with Crippen molar-refractivity contribution in [1.82, 2.24) is 0 Å². The molecule has 0 radical (unpaired) electrons. The second-order valence-corrected chi connectivity index (χ2v) is 4.53. The molecule has 0 aliphatic heterocycles. The number of benzene rings is 1. The van der Waals surface area contributed by atoms with Gasteiger partial charge >= 0.3 is 5.97 Å². The third kappa shape index (κ3) is 1.99. The molecule has 2 aromatic rings. The summed E-state index contributed by atoms with van der Waals surface area (Å²) in [5.74, 6) is -0.260. The Kier molecular flexibility index (Phi) is 3.06. The van der Waals surface area contributed by atoms with Gasteiger partial charge in [0.25, 0.3) is 0 Å². The molecule has 0 unspecified atom stereocenters. The molecule has 1 heterocycles. The molecule has 0 spiro atoms. The quantitative estimate of drug-likeness (QED) is 0.741. The largest absolute Gasteiger partial charge is 0.465 e. The summed E-state index contributed by atoms with van der Waals surface area (Å²) in [4.78, 5) is 13.2. The summed E-state index contributed by atoms with van der Waals surface area (Å²) >= 11 is 1.47. The van der Waals surface area contributed by atoms with Crippen LogP contribution in [0.15, 0.2) is 36.4 Å². The van der Waals surface area contributed by atoms with Gasteiger partial charge in [-0.1, -0.05) is 30.3 Å². The van der Waals surface area contributed by atoms with E-state index >= 15 is 0 Å². The van der Waals surface area contributed by atoms with Crippen LogP contribution in [0.5, 0.6) is 0 Å². The van der Waals surface area contributed by atoms with Gasteiger partial charge in [-0.05, 0) is 24.1 Å². The van der Waals surface area contributed by atoms with E-state index in [-0.39, 0.29) is 5.97 Å². The number of carbonyl (C=O) groups is 1. The lowest BCUT2D eigenvalue weighted by molar-refractivity contribution is 0.0605. The maximum atomic E-state index is 11.5. The third-order valence-electron chi connectivity index (χ3n) is 2.35. The summed E-state index contributed by atoms with van der Waals surface area (Å²) in [6, 6.07) is 12.0. The summed E-state index contributed by atoms with van der Waals surface area (Å²) in [7, 11) is 1.41. The van der Waals surface area contributed by atoms with Gasteiger partial charge in [0.2, 0.25) is 0 Å². The number of hydrogen-bond donors (Lipinski definition) is 0. The molecule has 0 bridgehead atoms. The van der Waals surface area contributed by atoms with E-state index in [0.29, 0.717) is 4.88 Å². The molecule has 0 aliphatic carbocycles. The van der Waals surface area contributed by atoms with Crippen LogP contribution < -0.4 is 0 Å². The maximum Gasteiger partial charge on any atom is 0.348 e. The molecule has 0 fully saturated rings. The molecular formula is C13H12O2S. The second kappa shape index (κ2) is 4.49. The summed E-state index contributed by atoms with van der Waals surface area (Å²) in [5, 5.41) is 0. The van der Waals surface area contributed by atoms with Crippen LogP contribution in [0.3, 0.4) is 0 Å². The van der Waals surface area contributed by atoms with E-state index < -0.39 is 0 Å². The Bertz CT molecular complexity index is 500. The van der Waals surface area contributed by atoms with Crippen molar-refractivity contribution in [2.45, 2.75) is 6.92 Å². The van der Waals surface area contributed by atoms with E-state index in [2.05, 4.69) is 0 Å². The summed E-state index contributed by atoms with van der Waals surface area (Å²) < 4.78 is 4.74. The van der Waals surface area contributed by atoms with E-state index in [1.165, 1.54) is 18.4 Å². The first kappa shape index (κ1) is 10.9. The maximum absolute atomic E-state index is 11.5. The molecule has 0 atom stereocenters. The van der Waals surface area contributed by atoms with Crippen LogP contribution in [0.2, 0.25) is 0 Å². The highest BCUT2D eigenvalue weighted by Crippen LogP contribution is 2.31. The first-order valence-electron chi connectivity index (χ1n) is 4.96. The van der Waals surface area contributed by atoms with Crippen molar-refractivity contribution in [2.75, 3.05) is 7.11 Å². The number of hydrogen-bond acceptors (Lipinski definition) is 3. The molecule has 1 aromatic carbocycles. The van der Waals surface area contributed by atoms with Gasteiger partial charge in [-0.3, -0.25) is 0 Å². The van der Waals surface area contributed by atoms with E-state index in [9.17, 15) is 4.79 Å². The zero-order valence-corrected chi connectivity index (χ0v) is 10.0. The molecular weight excluding hydrogens is 220 g/mol. The highest BCUT2D eigenvalue weighted by Gasteiger charge is 2.14. The van der Waals surface area contributed by atoms with Crippen LogP contribution in [0.4, 0.5) is 0 Å². The monoisotopic (exact) mass is 232 g/mol. The normalized spacial score (nSPS) is 10.1. The Morgan fingerprint density at radius 3 is 2.56 bits per heavy atom. The third-order valence-corrected chi connectivity index (χ3v) is 3.61. The van der Waals surface area contributed by atoms with Crippen molar-refractivity contribution in [3.05, 3.63) is 46.8 Å². The zero-order valence-electron chi connectivity index (χ0n) is 9.19. The number of methoxy groups -OCH3 is 1. The summed E-state index contributed by atoms with van der Waals surface area (Å²) in [6.45, 7) is 1.93. The van der Waals surface area contributed by atoms with Crippen LogP contribution in [0, 0.1) is 6.92 Å². The fourth-order valence-corrected chi connectivity index (χ4v) is 2.62. The zero-order chi connectivity index (χ0) is 11.5. The minimum absolute atomic E-state index is 0.260. The molecule has 0 amide bonds. The van der Waals surface area contributed by atoms with Gasteiger partial charge in [0.05, 0.1) is 7.11 Å². The molecule has 1 aromatic heterocycles. The predicted molar refractivity (Wildman–Crippen MR) is 65.8 cm³/mol. The fraction of sp³-hybridized carbons (Fsp3) is 0.154. The standard InChI is InChI=1S/C13H12O2S/c1-9-8-11(10-6-4-3-5-7-10)16-12(9)13(14)15-2/h3-8H,1-2H3. The van der Waals surface area contributed by atoms with Crippen molar-refractivity contribution in [3.63, 3.8) is 0 Å². The highest BCUT2D eigenvalue weighted by atomic mass is 32.1. The van der Waals surface area contributed by atoms with Gasteiger partial charge < -0.3 is 4.74 Å². The van der Waals surface area contributed by atoms with Crippen molar-refractivity contribution in [3.8, 4) is 10.4 Å². The Hall–Kier alpha value is -1.61. The van der Waals surface area contributed by atoms with Crippen molar-refractivity contribution >= 4 is 17.3 Å². The summed E-state index contributed by atoms with van der Waals surface area (Å²) in [6.07, 6.45) is 0. The lowest BCUT2D eigenvalue weighted by Crippen LogP contribution is -1.99. The molecule has 3 heteroatoms.